The van der Waals surface area contributed by atoms with Gasteiger partial charge in [-0.1, -0.05) is 28.1 Å². The zero-order valence-electron chi connectivity index (χ0n) is 17.2. The molecule has 1 amide bonds. The second kappa shape index (κ2) is 8.88. The topological polar surface area (TPSA) is 87.1 Å². The summed E-state index contributed by atoms with van der Waals surface area (Å²) in [5, 5.41) is 21.1. The van der Waals surface area contributed by atoms with Crippen LogP contribution in [0.4, 0.5) is 5.69 Å². The second-order valence-electron chi connectivity index (χ2n) is 7.20. The average molecular weight is 494 g/mol. The molecule has 162 valence electrons. The molecule has 1 aliphatic heterocycles. The lowest BCUT2D eigenvalue weighted by molar-refractivity contribution is -0.132. The molecule has 0 saturated carbocycles. The van der Waals surface area contributed by atoms with Gasteiger partial charge in [0.1, 0.15) is 17.3 Å². The monoisotopic (exact) mass is 493 g/mol. The van der Waals surface area contributed by atoms with Crippen molar-refractivity contribution in [3.63, 3.8) is 0 Å². The fraction of sp³-hybridized carbons (Fsp3) is 0.120. The Bertz CT molecular complexity index is 1200. The second-order valence-corrected chi connectivity index (χ2v) is 8.11. The maximum atomic E-state index is 13.1. The zero-order chi connectivity index (χ0) is 22.8. The molecule has 7 heteroatoms. The highest BCUT2D eigenvalue weighted by atomic mass is 79.9. The van der Waals surface area contributed by atoms with Crippen LogP contribution in [0.25, 0.3) is 5.76 Å². The highest BCUT2D eigenvalue weighted by Crippen LogP contribution is 2.43. The number of phenols is 1. The predicted octanol–water partition coefficient (Wildman–Crippen LogP) is 5.18. The Kier molecular flexibility index (Phi) is 6.01. The van der Waals surface area contributed by atoms with Crippen LogP contribution in [-0.4, -0.2) is 28.5 Å². The van der Waals surface area contributed by atoms with E-state index in [-0.39, 0.29) is 17.1 Å². The molecule has 4 rings (SSSR count). The minimum atomic E-state index is -0.908. The van der Waals surface area contributed by atoms with Gasteiger partial charge in [-0.25, -0.2) is 0 Å². The number of aromatic hydroxyl groups is 1. The van der Waals surface area contributed by atoms with E-state index in [1.54, 1.807) is 60.7 Å². The van der Waals surface area contributed by atoms with E-state index in [0.29, 0.717) is 29.2 Å². The number of hydrogen-bond donors (Lipinski definition) is 2. The van der Waals surface area contributed by atoms with E-state index < -0.39 is 17.7 Å². The Morgan fingerprint density at radius 2 is 1.72 bits per heavy atom. The summed E-state index contributed by atoms with van der Waals surface area (Å²) in [7, 11) is 0. The van der Waals surface area contributed by atoms with Crippen molar-refractivity contribution in [3.8, 4) is 11.5 Å². The third-order valence-electron chi connectivity index (χ3n) is 5.17. The van der Waals surface area contributed by atoms with Crippen LogP contribution in [-0.2, 0) is 9.59 Å². The summed E-state index contributed by atoms with van der Waals surface area (Å²) in [6.45, 7) is 2.37. The summed E-state index contributed by atoms with van der Waals surface area (Å²) in [5.74, 6) is -1.23. The normalized spacial score (nSPS) is 17.6. The zero-order valence-corrected chi connectivity index (χ0v) is 18.7. The molecule has 0 bridgehead atoms. The lowest BCUT2D eigenvalue weighted by Gasteiger charge is -2.25. The van der Waals surface area contributed by atoms with E-state index in [4.69, 9.17) is 4.74 Å². The van der Waals surface area contributed by atoms with Crippen molar-refractivity contribution < 1.29 is 24.5 Å². The Labute approximate surface area is 193 Å². The van der Waals surface area contributed by atoms with Crippen molar-refractivity contribution in [2.24, 2.45) is 0 Å². The van der Waals surface area contributed by atoms with Crippen molar-refractivity contribution in [1.29, 1.82) is 0 Å². The van der Waals surface area contributed by atoms with Crippen LogP contribution in [0.5, 0.6) is 11.5 Å². The molecule has 0 spiro atoms. The smallest absolute Gasteiger partial charge is 0.300 e. The molecule has 2 N–H and O–H groups in total. The third kappa shape index (κ3) is 3.99. The Morgan fingerprint density at radius 3 is 2.34 bits per heavy atom. The van der Waals surface area contributed by atoms with Gasteiger partial charge in [0, 0.05) is 15.7 Å². The van der Waals surface area contributed by atoms with E-state index in [1.807, 2.05) is 6.92 Å². The number of halogens is 1. The number of anilines is 1. The molecular weight excluding hydrogens is 474 g/mol. The first-order valence-corrected chi connectivity index (χ1v) is 10.8. The molecule has 1 heterocycles. The van der Waals surface area contributed by atoms with Crippen molar-refractivity contribution in [1.82, 2.24) is 0 Å². The number of benzene rings is 3. The number of nitrogens with zero attached hydrogens (tertiary/aromatic N) is 1. The van der Waals surface area contributed by atoms with Crippen LogP contribution in [0.15, 0.2) is 82.8 Å². The fourth-order valence-electron chi connectivity index (χ4n) is 3.74. The molecule has 0 radical (unpaired) electrons. The summed E-state index contributed by atoms with van der Waals surface area (Å²) >= 11 is 3.37. The summed E-state index contributed by atoms with van der Waals surface area (Å²) in [4.78, 5) is 27.5. The van der Waals surface area contributed by atoms with Crippen LogP contribution < -0.4 is 9.64 Å². The standard InChI is InChI=1S/C25H20BrNO5/c1-2-32-20-12-6-15(7-13-20)23(29)21-22(16-4-3-5-19(28)14-16)27(25(31)24(21)30)18-10-8-17(26)9-11-18/h3-14,22,28-29H,2H2,1H3/b23-21-. The molecule has 3 aromatic rings. The first-order valence-electron chi connectivity index (χ1n) is 9.99. The molecule has 1 aliphatic rings. The van der Waals surface area contributed by atoms with Crippen LogP contribution >= 0.6 is 15.9 Å². The van der Waals surface area contributed by atoms with Crippen LogP contribution in [0.1, 0.15) is 24.1 Å². The van der Waals surface area contributed by atoms with Gasteiger partial charge < -0.3 is 14.9 Å². The van der Waals surface area contributed by atoms with Gasteiger partial charge in [0.15, 0.2) is 0 Å². The van der Waals surface area contributed by atoms with Crippen LogP contribution in [0, 0.1) is 0 Å². The van der Waals surface area contributed by atoms with Gasteiger partial charge in [-0.2, -0.15) is 0 Å². The number of rotatable bonds is 5. The Morgan fingerprint density at radius 1 is 1.03 bits per heavy atom. The first kappa shape index (κ1) is 21.6. The third-order valence-corrected chi connectivity index (χ3v) is 5.70. The number of carbonyl (C=O) groups is 2. The van der Waals surface area contributed by atoms with E-state index in [9.17, 15) is 19.8 Å². The number of aliphatic hydroxyl groups excluding tert-OH is 1. The number of Topliss-reactive ketones (excluding diaryl/α,β-unsaturated/α-hetero) is 1. The molecule has 1 atom stereocenters. The van der Waals surface area contributed by atoms with E-state index in [0.717, 1.165) is 4.47 Å². The largest absolute Gasteiger partial charge is 0.508 e. The molecule has 0 aromatic heterocycles. The van der Waals surface area contributed by atoms with Gasteiger partial charge in [0.2, 0.25) is 0 Å². The Hall–Kier alpha value is -3.58. The lowest BCUT2D eigenvalue weighted by Crippen LogP contribution is -2.29. The first-order chi connectivity index (χ1) is 15.4. The highest BCUT2D eigenvalue weighted by Gasteiger charge is 2.47. The number of ketones is 1. The highest BCUT2D eigenvalue weighted by molar-refractivity contribution is 9.10. The Balaban J connectivity index is 1.89. The number of hydrogen-bond acceptors (Lipinski definition) is 5. The molecule has 1 fully saturated rings. The lowest BCUT2D eigenvalue weighted by atomic mass is 9.95. The summed E-state index contributed by atoms with van der Waals surface area (Å²) in [6, 6.07) is 19.0. The molecule has 6 nitrogen and oxygen atoms in total. The van der Waals surface area contributed by atoms with Gasteiger partial charge in [-0.3, -0.25) is 14.5 Å². The average Bonchev–Trinajstić information content (AvgIpc) is 3.05. The van der Waals surface area contributed by atoms with Gasteiger partial charge in [-0.15, -0.1) is 0 Å². The van der Waals surface area contributed by atoms with Gasteiger partial charge in [0.25, 0.3) is 11.7 Å². The number of phenolic OH excluding ortho intramolecular Hbond substituents is 1. The van der Waals surface area contributed by atoms with E-state index >= 15 is 0 Å². The minimum Gasteiger partial charge on any atom is -0.508 e. The fourth-order valence-corrected chi connectivity index (χ4v) is 4.01. The summed E-state index contributed by atoms with van der Waals surface area (Å²) in [6.07, 6.45) is 0. The number of aliphatic hydroxyl groups is 1. The van der Waals surface area contributed by atoms with Crippen molar-refractivity contribution in [2.45, 2.75) is 13.0 Å². The quantitative estimate of drug-likeness (QED) is 0.290. The maximum Gasteiger partial charge on any atom is 0.300 e. The van der Waals surface area contributed by atoms with E-state index in [1.165, 1.54) is 17.0 Å². The van der Waals surface area contributed by atoms with Gasteiger partial charge >= 0.3 is 0 Å². The molecule has 1 saturated heterocycles. The molecule has 3 aromatic carbocycles. The molecule has 0 aliphatic carbocycles. The summed E-state index contributed by atoms with van der Waals surface area (Å²) < 4.78 is 6.25. The SMILES string of the molecule is CCOc1ccc(/C(O)=C2/C(=O)C(=O)N(c3ccc(Br)cc3)C2c2cccc(O)c2)cc1. The number of amides is 1. The molecular formula is C25H20BrNO5. The predicted molar refractivity (Wildman–Crippen MR) is 125 cm³/mol. The summed E-state index contributed by atoms with van der Waals surface area (Å²) in [5.41, 5.74) is 1.33. The van der Waals surface area contributed by atoms with Crippen molar-refractivity contribution in [2.75, 3.05) is 11.5 Å². The minimum absolute atomic E-state index is 0.00930. The molecule has 1 unspecified atom stereocenters. The van der Waals surface area contributed by atoms with E-state index in [2.05, 4.69) is 15.9 Å². The number of ether oxygens (including phenoxy) is 1. The van der Waals surface area contributed by atoms with Crippen molar-refractivity contribution in [3.05, 3.63) is 94.0 Å². The van der Waals surface area contributed by atoms with Crippen LogP contribution in [0.3, 0.4) is 0 Å². The maximum absolute atomic E-state index is 13.1. The number of carbonyl (C=O) groups excluding carboxylic acids is 2. The molecule has 32 heavy (non-hydrogen) atoms. The van der Waals surface area contributed by atoms with Crippen molar-refractivity contribution >= 4 is 39.1 Å². The van der Waals surface area contributed by atoms with Gasteiger partial charge in [-0.05, 0) is 73.2 Å². The van der Waals surface area contributed by atoms with Gasteiger partial charge in [0.05, 0.1) is 18.2 Å². The van der Waals surface area contributed by atoms with Crippen LogP contribution in [0.2, 0.25) is 0 Å².